The molecule has 0 aromatic heterocycles. The number of nitrogens with one attached hydrogen (secondary N) is 2. The molecule has 1 rings (SSSR count). The number of amides is 1. The van der Waals surface area contributed by atoms with Crippen LogP contribution in [0.5, 0.6) is 0 Å². The molecule has 0 aromatic rings. The Kier molecular flexibility index (Phi) is 5.81. The molecular formula is C13H26N2O. The van der Waals surface area contributed by atoms with Crippen LogP contribution in [0.25, 0.3) is 0 Å². The van der Waals surface area contributed by atoms with E-state index in [0.717, 1.165) is 18.9 Å². The Morgan fingerprint density at radius 1 is 1.38 bits per heavy atom. The van der Waals surface area contributed by atoms with E-state index in [-0.39, 0.29) is 5.91 Å². The second-order valence-corrected chi connectivity index (χ2v) is 5.29. The van der Waals surface area contributed by atoms with Crippen molar-refractivity contribution in [2.45, 2.75) is 52.5 Å². The van der Waals surface area contributed by atoms with Gasteiger partial charge in [-0.15, -0.1) is 0 Å². The molecule has 3 heteroatoms. The normalized spacial score (nSPS) is 19.2. The largest absolute Gasteiger partial charge is 0.353 e. The summed E-state index contributed by atoms with van der Waals surface area (Å²) in [6.45, 7) is 7.99. The van der Waals surface area contributed by atoms with Crippen LogP contribution < -0.4 is 10.6 Å². The molecule has 0 spiro atoms. The highest BCUT2D eigenvalue weighted by Gasteiger charge is 2.20. The van der Waals surface area contributed by atoms with Gasteiger partial charge in [-0.25, -0.2) is 0 Å². The molecule has 2 unspecified atom stereocenters. The fourth-order valence-corrected chi connectivity index (χ4v) is 1.87. The molecule has 0 aromatic carbocycles. The Bertz CT molecular complexity index is 214. The Hall–Kier alpha value is -0.570. The van der Waals surface area contributed by atoms with Gasteiger partial charge < -0.3 is 10.6 Å². The van der Waals surface area contributed by atoms with Gasteiger partial charge in [0.25, 0.3) is 0 Å². The third kappa shape index (κ3) is 6.11. The summed E-state index contributed by atoms with van der Waals surface area (Å²) in [7, 11) is 0. The second kappa shape index (κ2) is 6.89. The van der Waals surface area contributed by atoms with Gasteiger partial charge >= 0.3 is 0 Å². The number of hydrogen-bond acceptors (Lipinski definition) is 2. The van der Waals surface area contributed by atoms with Crippen molar-refractivity contribution in [3.05, 3.63) is 0 Å². The van der Waals surface area contributed by atoms with Crippen molar-refractivity contribution >= 4 is 5.91 Å². The first-order valence-corrected chi connectivity index (χ1v) is 6.61. The Labute approximate surface area is 99.4 Å². The van der Waals surface area contributed by atoms with E-state index in [2.05, 4.69) is 31.4 Å². The van der Waals surface area contributed by atoms with E-state index in [1.54, 1.807) is 0 Å². The minimum absolute atomic E-state index is 0.136. The van der Waals surface area contributed by atoms with E-state index in [1.807, 2.05) is 0 Å². The molecular weight excluding hydrogens is 200 g/mol. The highest BCUT2D eigenvalue weighted by Crippen LogP contribution is 2.27. The Morgan fingerprint density at radius 2 is 2.06 bits per heavy atom. The van der Waals surface area contributed by atoms with Gasteiger partial charge in [-0.1, -0.05) is 20.3 Å². The second-order valence-electron chi connectivity index (χ2n) is 5.29. The summed E-state index contributed by atoms with van der Waals surface area (Å²) in [5, 5.41) is 6.25. The topological polar surface area (TPSA) is 41.1 Å². The maximum absolute atomic E-state index is 11.6. The molecule has 0 bridgehead atoms. The van der Waals surface area contributed by atoms with Gasteiger partial charge in [-0.2, -0.15) is 0 Å². The van der Waals surface area contributed by atoms with Crippen molar-refractivity contribution in [3.8, 4) is 0 Å². The van der Waals surface area contributed by atoms with Crippen LogP contribution >= 0.6 is 0 Å². The zero-order chi connectivity index (χ0) is 12.0. The first-order valence-electron chi connectivity index (χ1n) is 6.61. The van der Waals surface area contributed by atoms with Gasteiger partial charge in [0, 0.05) is 6.04 Å². The molecule has 0 heterocycles. The van der Waals surface area contributed by atoms with Gasteiger partial charge in [0.2, 0.25) is 5.91 Å². The Balaban J connectivity index is 2.02. The van der Waals surface area contributed by atoms with Crippen LogP contribution in [-0.4, -0.2) is 25.0 Å². The van der Waals surface area contributed by atoms with Crippen LogP contribution in [0.4, 0.5) is 0 Å². The van der Waals surface area contributed by atoms with Gasteiger partial charge in [-0.3, -0.25) is 4.79 Å². The van der Waals surface area contributed by atoms with Crippen LogP contribution in [0.1, 0.15) is 46.5 Å². The Morgan fingerprint density at radius 3 is 2.62 bits per heavy atom. The highest BCUT2D eigenvalue weighted by atomic mass is 16.1. The molecule has 1 amide bonds. The first-order chi connectivity index (χ1) is 7.61. The van der Waals surface area contributed by atoms with Crippen LogP contribution in [0.2, 0.25) is 0 Å². The third-order valence-corrected chi connectivity index (χ3v) is 3.28. The summed E-state index contributed by atoms with van der Waals surface area (Å²) in [5.41, 5.74) is 0. The van der Waals surface area contributed by atoms with E-state index in [1.165, 1.54) is 19.3 Å². The van der Waals surface area contributed by atoms with Crippen LogP contribution in [0, 0.1) is 11.8 Å². The summed E-state index contributed by atoms with van der Waals surface area (Å²) >= 11 is 0. The lowest BCUT2D eigenvalue weighted by atomic mass is 10.0. The number of rotatable bonds is 8. The first kappa shape index (κ1) is 13.5. The zero-order valence-electron chi connectivity index (χ0n) is 10.9. The van der Waals surface area contributed by atoms with Gasteiger partial charge in [-0.05, 0) is 44.6 Å². The minimum atomic E-state index is 0.136. The van der Waals surface area contributed by atoms with E-state index in [9.17, 15) is 4.79 Å². The van der Waals surface area contributed by atoms with Crippen molar-refractivity contribution in [2.75, 3.05) is 13.1 Å². The minimum Gasteiger partial charge on any atom is -0.353 e. The predicted octanol–water partition coefficient (Wildman–Crippen LogP) is 1.93. The van der Waals surface area contributed by atoms with E-state index in [4.69, 9.17) is 0 Å². The standard InChI is InChI=1S/C13H26N2O/c1-4-10(2)7-11(3)15-13(16)9-14-8-12-5-6-12/h10-12,14H,4-9H2,1-3H3,(H,15,16). The van der Waals surface area contributed by atoms with Crippen molar-refractivity contribution in [3.63, 3.8) is 0 Å². The van der Waals surface area contributed by atoms with Crippen molar-refractivity contribution in [2.24, 2.45) is 11.8 Å². The molecule has 94 valence electrons. The number of carbonyl (C=O) groups is 1. The van der Waals surface area contributed by atoms with E-state index >= 15 is 0 Å². The summed E-state index contributed by atoms with van der Waals surface area (Å²) in [4.78, 5) is 11.6. The summed E-state index contributed by atoms with van der Waals surface area (Å²) < 4.78 is 0. The smallest absolute Gasteiger partial charge is 0.234 e. The highest BCUT2D eigenvalue weighted by molar-refractivity contribution is 5.78. The molecule has 0 aliphatic heterocycles. The molecule has 3 nitrogen and oxygen atoms in total. The van der Waals surface area contributed by atoms with Crippen LogP contribution in [0.15, 0.2) is 0 Å². The monoisotopic (exact) mass is 226 g/mol. The molecule has 1 aliphatic rings. The van der Waals surface area contributed by atoms with Gasteiger partial charge in [0.15, 0.2) is 0 Å². The lowest BCUT2D eigenvalue weighted by Crippen LogP contribution is -2.40. The van der Waals surface area contributed by atoms with E-state index in [0.29, 0.717) is 18.5 Å². The van der Waals surface area contributed by atoms with Crippen molar-refractivity contribution in [1.82, 2.24) is 10.6 Å². The van der Waals surface area contributed by atoms with E-state index < -0.39 is 0 Å². The summed E-state index contributed by atoms with van der Waals surface area (Å²) in [6, 6.07) is 0.296. The average Bonchev–Trinajstić information content (AvgIpc) is 3.01. The lowest BCUT2D eigenvalue weighted by molar-refractivity contribution is -0.120. The molecule has 2 atom stereocenters. The third-order valence-electron chi connectivity index (χ3n) is 3.28. The quantitative estimate of drug-likeness (QED) is 0.664. The SMILES string of the molecule is CCC(C)CC(C)NC(=O)CNCC1CC1. The van der Waals surface area contributed by atoms with Gasteiger partial charge in [0.1, 0.15) is 0 Å². The summed E-state index contributed by atoms with van der Waals surface area (Å²) in [5.74, 6) is 1.66. The summed E-state index contributed by atoms with van der Waals surface area (Å²) in [6.07, 6.45) is 4.92. The van der Waals surface area contributed by atoms with Crippen LogP contribution in [0.3, 0.4) is 0 Å². The molecule has 1 aliphatic carbocycles. The number of hydrogen-bond donors (Lipinski definition) is 2. The predicted molar refractivity (Wildman–Crippen MR) is 67.3 cm³/mol. The van der Waals surface area contributed by atoms with Crippen molar-refractivity contribution in [1.29, 1.82) is 0 Å². The molecule has 0 saturated heterocycles. The molecule has 1 saturated carbocycles. The fourth-order valence-electron chi connectivity index (χ4n) is 1.87. The van der Waals surface area contributed by atoms with Crippen LogP contribution in [-0.2, 0) is 4.79 Å². The molecule has 0 radical (unpaired) electrons. The average molecular weight is 226 g/mol. The molecule has 1 fully saturated rings. The number of carbonyl (C=O) groups excluding carboxylic acids is 1. The molecule has 2 N–H and O–H groups in total. The lowest BCUT2D eigenvalue weighted by Gasteiger charge is -2.17. The van der Waals surface area contributed by atoms with Gasteiger partial charge in [0.05, 0.1) is 6.54 Å². The zero-order valence-corrected chi connectivity index (χ0v) is 10.9. The maximum atomic E-state index is 11.6. The molecule has 16 heavy (non-hydrogen) atoms. The fraction of sp³-hybridized carbons (Fsp3) is 0.923. The van der Waals surface area contributed by atoms with Crippen molar-refractivity contribution < 1.29 is 4.79 Å². The maximum Gasteiger partial charge on any atom is 0.234 e.